The van der Waals surface area contributed by atoms with Gasteiger partial charge in [-0.3, -0.25) is 0 Å². The number of fused-ring (bicyclic) bond motifs is 6. The first kappa shape index (κ1) is 33.6. The van der Waals surface area contributed by atoms with Gasteiger partial charge in [-0.25, -0.2) is 0 Å². The summed E-state index contributed by atoms with van der Waals surface area (Å²) in [6, 6.07) is 80.6. The first-order valence-corrected chi connectivity index (χ1v) is 19.8. The van der Waals surface area contributed by atoms with Crippen LogP contribution in [0.15, 0.2) is 229 Å². The highest BCUT2D eigenvalue weighted by Crippen LogP contribution is 2.46. The SMILES string of the molecule is c1ccc(-c2ccc(-c3ccc(N(c4cccc(-c5cccc6cccc(-c7ccccc7)c56)c4)c4cccc5oc6c7ccccc7ccc6c45)cc3)cc2)cc1. The minimum absolute atomic E-state index is 0.863. The van der Waals surface area contributed by atoms with E-state index in [1.807, 2.05) is 0 Å². The van der Waals surface area contributed by atoms with E-state index in [2.05, 4.69) is 229 Å². The summed E-state index contributed by atoms with van der Waals surface area (Å²) in [7, 11) is 0. The first-order valence-electron chi connectivity index (χ1n) is 19.8. The Morgan fingerprint density at radius 1 is 0.310 bits per heavy atom. The fourth-order valence-electron chi connectivity index (χ4n) is 8.69. The van der Waals surface area contributed by atoms with Gasteiger partial charge < -0.3 is 9.32 Å². The maximum absolute atomic E-state index is 6.72. The second-order valence-corrected chi connectivity index (χ2v) is 14.9. The third-order valence-electron chi connectivity index (χ3n) is 11.5. The van der Waals surface area contributed by atoms with Crippen molar-refractivity contribution in [2.24, 2.45) is 0 Å². The van der Waals surface area contributed by atoms with Gasteiger partial charge in [0.15, 0.2) is 0 Å². The van der Waals surface area contributed by atoms with Gasteiger partial charge in [0, 0.05) is 22.1 Å². The average Bonchev–Trinajstić information content (AvgIpc) is 3.70. The number of nitrogens with zero attached hydrogens (tertiary/aromatic N) is 1. The molecule has 0 radical (unpaired) electrons. The van der Waals surface area contributed by atoms with Crippen LogP contribution >= 0.6 is 0 Å². The molecule has 0 spiro atoms. The third kappa shape index (κ3) is 5.82. The fraction of sp³-hybridized carbons (Fsp3) is 0. The monoisotopic (exact) mass is 739 g/mol. The van der Waals surface area contributed by atoms with Crippen LogP contribution in [0, 0.1) is 0 Å². The molecule has 0 amide bonds. The summed E-state index contributed by atoms with van der Waals surface area (Å²) in [5, 5.41) is 6.93. The molecule has 1 aromatic heterocycles. The van der Waals surface area contributed by atoms with Gasteiger partial charge in [0.1, 0.15) is 11.2 Å². The van der Waals surface area contributed by atoms with E-state index in [0.717, 1.165) is 55.3 Å². The Labute approximate surface area is 337 Å². The van der Waals surface area contributed by atoms with E-state index in [9.17, 15) is 0 Å². The van der Waals surface area contributed by atoms with Crippen LogP contribution in [0.2, 0.25) is 0 Å². The highest BCUT2D eigenvalue weighted by molar-refractivity contribution is 6.19. The van der Waals surface area contributed by atoms with Crippen molar-refractivity contribution < 1.29 is 4.42 Å². The Hall–Kier alpha value is -7.68. The van der Waals surface area contributed by atoms with Gasteiger partial charge in [0.2, 0.25) is 0 Å². The molecule has 1 heterocycles. The second-order valence-electron chi connectivity index (χ2n) is 14.9. The Morgan fingerprint density at radius 2 is 0.862 bits per heavy atom. The lowest BCUT2D eigenvalue weighted by Crippen LogP contribution is -2.10. The molecule has 58 heavy (non-hydrogen) atoms. The fourth-order valence-corrected chi connectivity index (χ4v) is 8.69. The molecule has 0 saturated carbocycles. The summed E-state index contributed by atoms with van der Waals surface area (Å²) in [6.07, 6.45) is 0. The minimum atomic E-state index is 0.863. The number of benzene rings is 10. The van der Waals surface area contributed by atoms with Gasteiger partial charge in [-0.15, -0.1) is 0 Å². The summed E-state index contributed by atoms with van der Waals surface area (Å²) in [4.78, 5) is 2.39. The lowest BCUT2D eigenvalue weighted by atomic mass is 9.91. The van der Waals surface area contributed by atoms with Crippen molar-refractivity contribution in [2.45, 2.75) is 0 Å². The largest absolute Gasteiger partial charge is 0.455 e. The van der Waals surface area contributed by atoms with E-state index >= 15 is 0 Å². The van der Waals surface area contributed by atoms with Crippen LogP contribution in [-0.4, -0.2) is 0 Å². The second kappa shape index (κ2) is 14.1. The van der Waals surface area contributed by atoms with Crippen LogP contribution in [0.25, 0.3) is 88.0 Å². The van der Waals surface area contributed by atoms with E-state index in [-0.39, 0.29) is 0 Å². The predicted octanol–water partition coefficient (Wildman–Crippen LogP) is 16.0. The van der Waals surface area contributed by atoms with E-state index in [0.29, 0.717) is 0 Å². The van der Waals surface area contributed by atoms with Crippen molar-refractivity contribution in [3.63, 3.8) is 0 Å². The lowest BCUT2D eigenvalue weighted by molar-refractivity contribution is 0.672. The Morgan fingerprint density at radius 3 is 1.59 bits per heavy atom. The summed E-state index contributed by atoms with van der Waals surface area (Å²) < 4.78 is 6.72. The van der Waals surface area contributed by atoms with Gasteiger partial charge in [-0.05, 0) is 103 Å². The molecule has 2 heteroatoms. The van der Waals surface area contributed by atoms with Crippen molar-refractivity contribution in [2.75, 3.05) is 4.90 Å². The maximum Gasteiger partial charge on any atom is 0.143 e. The summed E-state index contributed by atoms with van der Waals surface area (Å²) in [5.74, 6) is 0. The molecule has 11 rings (SSSR count). The third-order valence-corrected chi connectivity index (χ3v) is 11.5. The highest BCUT2D eigenvalue weighted by atomic mass is 16.3. The number of rotatable bonds is 7. The van der Waals surface area contributed by atoms with Crippen molar-refractivity contribution in [1.82, 2.24) is 0 Å². The van der Waals surface area contributed by atoms with Crippen LogP contribution in [0.4, 0.5) is 17.1 Å². The quantitative estimate of drug-likeness (QED) is 0.162. The van der Waals surface area contributed by atoms with Crippen LogP contribution in [0.3, 0.4) is 0 Å². The average molecular weight is 740 g/mol. The number of furan rings is 1. The number of hydrogen-bond acceptors (Lipinski definition) is 2. The molecular weight excluding hydrogens is 703 g/mol. The zero-order chi connectivity index (χ0) is 38.4. The Balaban J connectivity index is 1.08. The molecule has 0 atom stereocenters. The van der Waals surface area contributed by atoms with E-state index in [1.165, 1.54) is 49.7 Å². The molecule has 0 bridgehead atoms. The maximum atomic E-state index is 6.72. The molecule has 0 unspecified atom stereocenters. The summed E-state index contributed by atoms with van der Waals surface area (Å²) in [6.45, 7) is 0. The normalized spacial score (nSPS) is 11.4. The standard InChI is InChI=1S/C56H37NO/c1-3-13-38(14-4-1)39-27-29-40(30-28-39)41-31-34-46(35-32-41)57(52-25-12-26-53-55(52)51-36-33-43-17-7-8-22-50(43)56(51)58-53)47-21-9-20-45(37-47)49-24-11-19-44-18-10-23-48(54(44)49)42-15-5-2-6-16-42/h1-37H. The zero-order valence-electron chi connectivity index (χ0n) is 31.7. The van der Waals surface area contributed by atoms with Crippen molar-refractivity contribution in [3.8, 4) is 44.5 Å². The van der Waals surface area contributed by atoms with Crippen molar-refractivity contribution in [1.29, 1.82) is 0 Å². The van der Waals surface area contributed by atoms with Crippen molar-refractivity contribution >= 4 is 60.5 Å². The van der Waals surface area contributed by atoms with Crippen LogP contribution in [-0.2, 0) is 0 Å². The molecule has 0 fully saturated rings. The van der Waals surface area contributed by atoms with Crippen LogP contribution in [0.5, 0.6) is 0 Å². The molecule has 0 aliphatic carbocycles. The smallest absolute Gasteiger partial charge is 0.143 e. The van der Waals surface area contributed by atoms with Crippen LogP contribution < -0.4 is 4.90 Å². The van der Waals surface area contributed by atoms with Gasteiger partial charge >= 0.3 is 0 Å². The molecular formula is C56H37NO. The van der Waals surface area contributed by atoms with Gasteiger partial charge in [0.25, 0.3) is 0 Å². The van der Waals surface area contributed by atoms with Gasteiger partial charge in [-0.1, -0.05) is 182 Å². The van der Waals surface area contributed by atoms with Gasteiger partial charge in [0.05, 0.1) is 11.1 Å². The van der Waals surface area contributed by atoms with E-state index in [1.54, 1.807) is 0 Å². The molecule has 0 saturated heterocycles. The van der Waals surface area contributed by atoms with Crippen LogP contribution in [0.1, 0.15) is 0 Å². The molecule has 272 valence electrons. The zero-order valence-corrected chi connectivity index (χ0v) is 31.7. The first-order chi connectivity index (χ1) is 28.8. The molecule has 0 aliphatic rings. The lowest BCUT2D eigenvalue weighted by Gasteiger charge is -2.27. The molecule has 0 aliphatic heterocycles. The minimum Gasteiger partial charge on any atom is -0.455 e. The molecule has 2 nitrogen and oxygen atoms in total. The van der Waals surface area contributed by atoms with E-state index < -0.39 is 0 Å². The summed E-state index contributed by atoms with van der Waals surface area (Å²) >= 11 is 0. The topological polar surface area (TPSA) is 16.4 Å². The molecule has 11 aromatic rings. The predicted molar refractivity (Wildman–Crippen MR) is 245 cm³/mol. The molecule has 10 aromatic carbocycles. The Kier molecular flexibility index (Phi) is 8.19. The number of hydrogen-bond donors (Lipinski definition) is 0. The number of anilines is 3. The molecule has 0 N–H and O–H groups in total. The Bertz CT molecular complexity index is 3250. The highest BCUT2D eigenvalue weighted by Gasteiger charge is 2.21. The van der Waals surface area contributed by atoms with Gasteiger partial charge in [-0.2, -0.15) is 0 Å². The van der Waals surface area contributed by atoms with Crippen molar-refractivity contribution in [3.05, 3.63) is 224 Å². The van der Waals surface area contributed by atoms with E-state index in [4.69, 9.17) is 4.42 Å². The summed E-state index contributed by atoms with van der Waals surface area (Å²) in [5.41, 5.74) is 14.5.